The first-order valence-corrected chi connectivity index (χ1v) is 12.5. The summed E-state index contributed by atoms with van der Waals surface area (Å²) in [5.74, 6) is 0.210. The third kappa shape index (κ3) is 5.48. The number of likely N-dealkylation sites (tertiary alicyclic amines) is 1. The zero-order chi connectivity index (χ0) is 23.5. The molecule has 3 heterocycles. The molecule has 1 aromatic carbocycles. The van der Waals surface area contributed by atoms with Gasteiger partial charge < -0.3 is 4.90 Å². The highest BCUT2D eigenvalue weighted by atomic mass is 35.5. The number of aryl methyl sites for hydroxylation is 2. The Morgan fingerprint density at radius 1 is 1.27 bits per heavy atom. The summed E-state index contributed by atoms with van der Waals surface area (Å²) in [5.41, 5.74) is 2.93. The first-order valence-electron chi connectivity index (χ1n) is 11.3. The van der Waals surface area contributed by atoms with E-state index in [-0.39, 0.29) is 17.8 Å². The Kier molecular flexibility index (Phi) is 7.51. The van der Waals surface area contributed by atoms with Gasteiger partial charge in [-0.1, -0.05) is 29.8 Å². The Bertz CT molecular complexity index is 1110. The van der Waals surface area contributed by atoms with E-state index in [0.29, 0.717) is 35.3 Å². The molecule has 0 spiro atoms. The first-order chi connectivity index (χ1) is 15.8. The minimum Gasteiger partial charge on any atom is -0.338 e. The average Bonchev–Trinajstić information content (AvgIpc) is 3.36. The van der Waals surface area contributed by atoms with Gasteiger partial charge in [0.25, 0.3) is 5.91 Å². The van der Waals surface area contributed by atoms with Gasteiger partial charge in [0.05, 0.1) is 10.7 Å². The molecular formula is C25H30ClFN4OS. The SMILES string of the molecule is Cc1nn(C)cc1CN(C)C(Cc1ccccc1F)C1CCN(C(=O)c2sccc2Cl)CC1. The smallest absolute Gasteiger partial charge is 0.265 e. The van der Waals surface area contributed by atoms with Crippen LogP contribution in [0.4, 0.5) is 4.39 Å². The molecule has 1 aliphatic heterocycles. The van der Waals surface area contributed by atoms with Crippen molar-refractivity contribution in [3.05, 3.63) is 74.4 Å². The second-order valence-corrected chi connectivity index (χ2v) is 10.2. The molecule has 1 amide bonds. The lowest BCUT2D eigenvalue weighted by molar-refractivity contribution is 0.0606. The molecule has 2 aromatic heterocycles. The first kappa shape index (κ1) is 23.9. The van der Waals surface area contributed by atoms with Gasteiger partial charge >= 0.3 is 0 Å². The summed E-state index contributed by atoms with van der Waals surface area (Å²) < 4.78 is 16.4. The predicted molar refractivity (Wildman–Crippen MR) is 131 cm³/mol. The summed E-state index contributed by atoms with van der Waals surface area (Å²) in [7, 11) is 4.04. The van der Waals surface area contributed by atoms with Gasteiger partial charge in [0.15, 0.2) is 0 Å². The third-order valence-corrected chi connectivity index (χ3v) is 8.00. The molecule has 0 aliphatic carbocycles. The number of carbonyl (C=O) groups is 1. The van der Waals surface area contributed by atoms with Gasteiger partial charge in [-0.2, -0.15) is 5.10 Å². The normalized spacial score (nSPS) is 15.9. The molecule has 0 saturated carbocycles. The van der Waals surface area contributed by atoms with Crippen molar-refractivity contribution >= 4 is 28.8 Å². The zero-order valence-electron chi connectivity index (χ0n) is 19.3. The van der Waals surface area contributed by atoms with Crippen molar-refractivity contribution in [2.75, 3.05) is 20.1 Å². The third-order valence-electron chi connectivity index (χ3n) is 6.67. The predicted octanol–water partition coefficient (Wildman–Crippen LogP) is 5.18. The molecule has 176 valence electrons. The fourth-order valence-corrected chi connectivity index (χ4v) is 5.94. The number of thiophene rings is 1. The van der Waals surface area contributed by atoms with Crippen LogP contribution in [0.15, 0.2) is 41.9 Å². The van der Waals surface area contributed by atoms with Gasteiger partial charge in [0.2, 0.25) is 0 Å². The molecule has 5 nitrogen and oxygen atoms in total. The number of piperidine rings is 1. The number of rotatable bonds is 7. The van der Waals surface area contributed by atoms with Crippen molar-refractivity contribution in [2.24, 2.45) is 13.0 Å². The molecule has 1 atom stereocenters. The maximum atomic E-state index is 14.5. The summed E-state index contributed by atoms with van der Waals surface area (Å²) in [6, 6.07) is 8.96. The Hall–Kier alpha value is -2.22. The van der Waals surface area contributed by atoms with E-state index in [1.165, 1.54) is 23.0 Å². The Morgan fingerprint density at radius 3 is 2.61 bits per heavy atom. The molecule has 0 radical (unpaired) electrons. The molecule has 8 heteroatoms. The molecule has 1 unspecified atom stereocenters. The van der Waals surface area contributed by atoms with Crippen LogP contribution in [0.25, 0.3) is 0 Å². The van der Waals surface area contributed by atoms with E-state index in [1.54, 1.807) is 12.1 Å². The van der Waals surface area contributed by atoms with E-state index in [4.69, 9.17) is 11.6 Å². The van der Waals surface area contributed by atoms with Crippen LogP contribution in [0.5, 0.6) is 0 Å². The van der Waals surface area contributed by atoms with Crippen LogP contribution in [-0.2, 0) is 20.0 Å². The van der Waals surface area contributed by atoms with E-state index in [0.717, 1.165) is 30.6 Å². The highest BCUT2D eigenvalue weighted by molar-refractivity contribution is 7.12. The second kappa shape index (κ2) is 10.4. The minimum absolute atomic E-state index is 0.0124. The number of halogens is 2. The van der Waals surface area contributed by atoms with Crippen LogP contribution in [0.2, 0.25) is 5.02 Å². The topological polar surface area (TPSA) is 41.4 Å². The highest BCUT2D eigenvalue weighted by Gasteiger charge is 2.32. The van der Waals surface area contributed by atoms with E-state index in [1.807, 2.05) is 41.1 Å². The Labute approximate surface area is 203 Å². The zero-order valence-corrected chi connectivity index (χ0v) is 20.9. The maximum Gasteiger partial charge on any atom is 0.265 e. The fraction of sp³-hybridized carbons (Fsp3) is 0.440. The summed E-state index contributed by atoms with van der Waals surface area (Å²) in [6.45, 7) is 4.15. The molecule has 1 saturated heterocycles. The van der Waals surface area contributed by atoms with E-state index >= 15 is 0 Å². The quantitative estimate of drug-likeness (QED) is 0.460. The van der Waals surface area contributed by atoms with Gasteiger partial charge in [0.1, 0.15) is 10.7 Å². The number of aromatic nitrogens is 2. The summed E-state index contributed by atoms with van der Waals surface area (Å²) >= 11 is 7.58. The molecule has 4 rings (SSSR count). The van der Waals surface area contributed by atoms with Crippen LogP contribution in [0.1, 0.15) is 39.3 Å². The van der Waals surface area contributed by atoms with Crippen LogP contribution in [0, 0.1) is 18.7 Å². The van der Waals surface area contributed by atoms with Crippen LogP contribution < -0.4 is 0 Å². The molecule has 1 fully saturated rings. The van der Waals surface area contributed by atoms with Crippen LogP contribution >= 0.6 is 22.9 Å². The number of nitrogens with zero attached hydrogens (tertiary/aromatic N) is 4. The monoisotopic (exact) mass is 488 g/mol. The van der Waals surface area contributed by atoms with Gasteiger partial charge in [-0.3, -0.25) is 14.4 Å². The number of amides is 1. The van der Waals surface area contributed by atoms with Crippen LogP contribution in [-0.4, -0.2) is 51.7 Å². The highest BCUT2D eigenvalue weighted by Crippen LogP contribution is 2.30. The van der Waals surface area contributed by atoms with Gasteiger partial charge in [-0.05, 0) is 62.2 Å². The molecule has 0 N–H and O–H groups in total. The number of hydrogen-bond acceptors (Lipinski definition) is 4. The van der Waals surface area contributed by atoms with E-state index < -0.39 is 0 Å². The fourth-order valence-electron chi connectivity index (χ4n) is 4.84. The summed E-state index contributed by atoms with van der Waals surface area (Å²) in [6.07, 6.45) is 4.45. The molecular weight excluding hydrogens is 459 g/mol. The Balaban J connectivity index is 1.49. The van der Waals surface area contributed by atoms with Gasteiger partial charge in [0, 0.05) is 44.5 Å². The maximum absolute atomic E-state index is 14.5. The minimum atomic E-state index is -0.159. The second-order valence-electron chi connectivity index (χ2n) is 8.92. The summed E-state index contributed by atoms with van der Waals surface area (Å²) in [4.78, 5) is 17.7. The molecule has 3 aromatic rings. The standard InChI is InChI=1S/C25H30ClFN4OS/c1-17-20(16-30(3)28-17)15-29(2)23(14-19-6-4-5-7-22(19)27)18-8-11-31(12-9-18)25(32)24-21(26)10-13-33-24/h4-7,10,13,16,18,23H,8-9,11-12,14-15H2,1-3H3. The largest absolute Gasteiger partial charge is 0.338 e. The average molecular weight is 489 g/mol. The van der Waals surface area contributed by atoms with E-state index in [9.17, 15) is 9.18 Å². The van der Waals surface area contributed by atoms with Crippen molar-refractivity contribution in [1.29, 1.82) is 0 Å². The molecule has 33 heavy (non-hydrogen) atoms. The molecule has 1 aliphatic rings. The van der Waals surface area contributed by atoms with Crippen molar-refractivity contribution in [3.8, 4) is 0 Å². The van der Waals surface area contributed by atoms with Crippen molar-refractivity contribution in [1.82, 2.24) is 19.6 Å². The number of benzene rings is 1. The lowest BCUT2D eigenvalue weighted by Crippen LogP contribution is -2.46. The van der Waals surface area contributed by atoms with Gasteiger partial charge in [-0.15, -0.1) is 11.3 Å². The van der Waals surface area contributed by atoms with Crippen molar-refractivity contribution in [3.63, 3.8) is 0 Å². The van der Waals surface area contributed by atoms with Crippen molar-refractivity contribution in [2.45, 2.75) is 38.8 Å². The molecule has 0 bridgehead atoms. The number of likely N-dealkylation sites (N-methyl/N-ethyl adjacent to an activating group) is 1. The van der Waals surface area contributed by atoms with Crippen LogP contribution in [0.3, 0.4) is 0 Å². The number of carbonyl (C=O) groups excluding carboxylic acids is 1. The van der Waals surface area contributed by atoms with Gasteiger partial charge in [-0.25, -0.2) is 4.39 Å². The van der Waals surface area contributed by atoms with Crippen molar-refractivity contribution < 1.29 is 9.18 Å². The summed E-state index contributed by atoms with van der Waals surface area (Å²) in [5, 5.41) is 6.84. The lowest BCUT2D eigenvalue weighted by Gasteiger charge is -2.40. The number of hydrogen-bond donors (Lipinski definition) is 0. The van der Waals surface area contributed by atoms with E-state index in [2.05, 4.69) is 23.2 Å². The Morgan fingerprint density at radius 2 is 2.00 bits per heavy atom. The lowest BCUT2D eigenvalue weighted by atomic mass is 9.84.